The van der Waals surface area contributed by atoms with Crippen LogP contribution >= 0.6 is 11.3 Å². The van der Waals surface area contributed by atoms with Crippen LogP contribution < -0.4 is 5.32 Å². The highest BCUT2D eigenvalue weighted by Crippen LogP contribution is 2.28. The van der Waals surface area contributed by atoms with Crippen LogP contribution in [0.4, 0.5) is 0 Å². The van der Waals surface area contributed by atoms with Gasteiger partial charge in [-0.2, -0.15) is 0 Å². The molecule has 2 heterocycles. The quantitative estimate of drug-likeness (QED) is 0.787. The Balaban J connectivity index is 1.85. The van der Waals surface area contributed by atoms with Gasteiger partial charge in [0.2, 0.25) is 5.91 Å². The molecule has 112 valence electrons. The second-order valence-electron chi connectivity index (χ2n) is 5.46. The van der Waals surface area contributed by atoms with Crippen LogP contribution in [0.25, 0.3) is 0 Å². The Morgan fingerprint density at radius 2 is 2.25 bits per heavy atom. The molecule has 2 atom stereocenters. The van der Waals surface area contributed by atoms with E-state index in [0.717, 1.165) is 26.0 Å². The fraction of sp³-hybridized carbons (Fsp3) is 0.667. The van der Waals surface area contributed by atoms with E-state index >= 15 is 0 Å². The van der Waals surface area contributed by atoms with Gasteiger partial charge in [0.1, 0.15) is 6.17 Å². The third kappa shape index (κ3) is 3.81. The summed E-state index contributed by atoms with van der Waals surface area (Å²) in [4.78, 5) is 15.4. The van der Waals surface area contributed by atoms with E-state index in [1.54, 1.807) is 11.3 Å². The van der Waals surface area contributed by atoms with Crippen LogP contribution in [0.3, 0.4) is 0 Å². The summed E-state index contributed by atoms with van der Waals surface area (Å²) in [6.45, 7) is 7.59. The lowest BCUT2D eigenvalue weighted by Gasteiger charge is -2.23. The van der Waals surface area contributed by atoms with E-state index in [1.807, 2.05) is 31.7 Å². The Morgan fingerprint density at radius 3 is 2.90 bits per heavy atom. The van der Waals surface area contributed by atoms with Gasteiger partial charge in [0.05, 0.1) is 12.1 Å². The maximum absolute atomic E-state index is 12.2. The SMILES string of the molecule is CC(C)OCCCCN1C(=O)C(C)NC1c1cccs1. The second-order valence-corrected chi connectivity index (χ2v) is 6.44. The summed E-state index contributed by atoms with van der Waals surface area (Å²) in [6.07, 6.45) is 2.30. The maximum Gasteiger partial charge on any atom is 0.241 e. The zero-order valence-electron chi connectivity index (χ0n) is 12.5. The number of nitrogens with zero attached hydrogens (tertiary/aromatic N) is 1. The average molecular weight is 296 g/mol. The maximum atomic E-state index is 12.2. The topological polar surface area (TPSA) is 41.6 Å². The smallest absolute Gasteiger partial charge is 0.241 e. The fourth-order valence-electron chi connectivity index (χ4n) is 2.40. The van der Waals surface area contributed by atoms with Gasteiger partial charge in [-0.05, 0) is 45.1 Å². The number of ether oxygens (including phenoxy) is 1. The molecule has 0 saturated carbocycles. The van der Waals surface area contributed by atoms with Gasteiger partial charge >= 0.3 is 0 Å². The summed E-state index contributed by atoms with van der Waals surface area (Å²) in [6, 6.07) is 4.03. The van der Waals surface area contributed by atoms with Crippen LogP contribution in [0.15, 0.2) is 17.5 Å². The molecule has 0 radical (unpaired) electrons. The molecule has 4 nitrogen and oxygen atoms in total. The minimum atomic E-state index is -0.0889. The normalized spacial score (nSPS) is 23.0. The van der Waals surface area contributed by atoms with Gasteiger partial charge in [-0.3, -0.25) is 10.1 Å². The molecule has 1 aromatic heterocycles. The number of nitrogens with one attached hydrogen (secondary N) is 1. The molecular weight excluding hydrogens is 272 g/mol. The minimum Gasteiger partial charge on any atom is -0.379 e. The van der Waals surface area contributed by atoms with E-state index in [1.165, 1.54) is 4.88 Å². The lowest BCUT2D eigenvalue weighted by molar-refractivity contribution is -0.129. The number of hydrogen-bond donors (Lipinski definition) is 1. The van der Waals surface area contributed by atoms with Crippen molar-refractivity contribution in [3.05, 3.63) is 22.4 Å². The fourth-order valence-corrected chi connectivity index (χ4v) is 3.19. The van der Waals surface area contributed by atoms with Crippen molar-refractivity contribution in [2.24, 2.45) is 0 Å². The molecule has 5 heteroatoms. The monoisotopic (exact) mass is 296 g/mol. The number of amides is 1. The zero-order valence-corrected chi connectivity index (χ0v) is 13.3. The van der Waals surface area contributed by atoms with Crippen LogP contribution in [-0.2, 0) is 9.53 Å². The Labute approximate surface area is 125 Å². The third-order valence-corrected chi connectivity index (χ3v) is 4.35. The van der Waals surface area contributed by atoms with Gasteiger partial charge in [-0.15, -0.1) is 11.3 Å². The van der Waals surface area contributed by atoms with Crippen molar-refractivity contribution < 1.29 is 9.53 Å². The zero-order chi connectivity index (χ0) is 14.5. The van der Waals surface area contributed by atoms with Crippen molar-refractivity contribution >= 4 is 17.2 Å². The molecule has 0 aromatic carbocycles. The predicted molar refractivity (Wildman–Crippen MR) is 81.7 cm³/mol. The standard InChI is InChI=1S/C15H24N2O2S/c1-11(2)19-9-5-4-8-17-14(13-7-6-10-20-13)16-12(3)15(17)18/h6-7,10-12,14,16H,4-5,8-9H2,1-3H3. The van der Waals surface area contributed by atoms with Crippen molar-refractivity contribution in [1.29, 1.82) is 0 Å². The lowest BCUT2D eigenvalue weighted by atomic mass is 10.2. The molecule has 1 fully saturated rings. The van der Waals surface area contributed by atoms with Crippen molar-refractivity contribution in [2.75, 3.05) is 13.2 Å². The number of rotatable bonds is 7. The first-order chi connectivity index (χ1) is 9.59. The van der Waals surface area contributed by atoms with Crippen molar-refractivity contribution in [3.8, 4) is 0 Å². The van der Waals surface area contributed by atoms with Gasteiger partial charge in [0, 0.05) is 18.0 Å². The molecule has 1 aliphatic heterocycles. The summed E-state index contributed by atoms with van der Waals surface area (Å²) in [5.41, 5.74) is 0. The highest BCUT2D eigenvalue weighted by Gasteiger charge is 2.36. The average Bonchev–Trinajstić information content (AvgIpc) is 3.01. The summed E-state index contributed by atoms with van der Waals surface area (Å²) in [5, 5.41) is 5.43. The van der Waals surface area contributed by atoms with Gasteiger partial charge < -0.3 is 9.64 Å². The molecule has 20 heavy (non-hydrogen) atoms. The summed E-state index contributed by atoms with van der Waals surface area (Å²) >= 11 is 1.69. The predicted octanol–water partition coefficient (Wildman–Crippen LogP) is 2.77. The first kappa shape index (κ1) is 15.5. The molecule has 0 spiro atoms. The molecule has 1 amide bonds. The van der Waals surface area contributed by atoms with Crippen LogP contribution in [0, 0.1) is 0 Å². The number of carbonyl (C=O) groups excluding carboxylic acids is 1. The summed E-state index contributed by atoms with van der Waals surface area (Å²) < 4.78 is 5.54. The Kier molecular flexibility index (Phi) is 5.57. The molecule has 1 N–H and O–H groups in total. The molecule has 1 aliphatic rings. The first-order valence-corrected chi connectivity index (χ1v) is 8.19. The Hall–Kier alpha value is -0.910. The van der Waals surface area contributed by atoms with Crippen LogP contribution in [0.1, 0.15) is 44.7 Å². The summed E-state index contributed by atoms with van der Waals surface area (Å²) in [5.74, 6) is 0.202. The van der Waals surface area contributed by atoms with E-state index in [0.29, 0.717) is 0 Å². The number of unbranched alkanes of at least 4 members (excludes halogenated alkanes) is 1. The van der Waals surface area contributed by atoms with Crippen molar-refractivity contribution in [1.82, 2.24) is 10.2 Å². The number of carbonyl (C=O) groups is 1. The van der Waals surface area contributed by atoms with Crippen LogP contribution in [0.2, 0.25) is 0 Å². The van der Waals surface area contributed by atoms with Crippen LogP contribution in [0.5, 0.6) is 0 Å². The number of thiophene rings is 1. The number of hydrogen-bond acceptors (Lipinski definition) is 4. The van der Waals surface area contributed by atoms with Gasteiger partial charge in [-0.25, -0.2) is 0 Å². The molecule has 1 saturated heterocycles. The lowest BCUT2D eigenvalue weighted by Crippen LogP contribution is -2.31. The van der Waals surface area contributed by atoms with Gasteiger partial charge in [0.25, 0.3) is 0 Å². The van der Waals surface area contributed by atoms with E-state index in [4.69, 9.17) is 4.74 Å². The molecule has 0 aliphatic carbocycles. The Morgan fingerprint density at radius 1 is 1.45 bits per heavy atom. The first-order valence-electron chi connectivity index (χ1n) is 7.31. The minimum absolute atomic E-state index is 0.0449. The third-order valence-electron chi connectivity index (χ3n) is 3.43. The second kappa shape index (κ2) is 7.20. The van der Waals surface area contributed by atoms with E-state index in [-0.39, 0.29) is 24.2 Å². The Bertz CT molecular complexity index is 420. The molecule has 1 aromatic rings. The van der Waals surface area contributed by atoms with Crippen LogP contribution in [-0.4, -0.2) is 36.1 Å². The summed E-state index contributed by atoms with van der Waals surface area (Å²) in [7, 11) is 0. The molecule has 2 unspecified atom stereocenters. The van der Waals surface area contributed by atoms with Crippen molar-refractivity contribution in [2.45, 2.75) is 51.9 Å². The van der Waals surface area contributed by atoms with E-state index in [9.17, 15) is 4.79 Å². The van der Waals surface area contributed by atoms with E-state index in [2.05, 4.69) is 16.8 Å². The molecular formula is C15H24N2O2S. The highest BCUT2D eigenvalue weighted by atomic mass is 32.1. The largest absolute Gasteiger partial charge is 0.379 e. The van der Waals surface area contributed by atoms with Gasteiger partial charge in [0.15, 0.2) is 0 Å². The molecule has 2 rings (SSSR count). The van der Waals surface area contributed by atoms with Crippen molar-refractivity contribution in [3.63, 3.8) is 0 Å². The highest BCUT2D eigenvalue weighted by molar-refractivity contribution is 7.10. The van der Waals surface area contributed by atoms with Gasteiger partial charge in [-0.1, -0.05) is 6.07 Å². The van der Waals surface area contributed by atoms with E-state index < -0.39 is 0 Å². The molecule has 0 bridgehead atoms.